The highest BCUT2D eigenvalue weighted by atomic mass is 15.0. The number of nitrogens with one attached hydrogen (secondary N) is 1. The number of nitrogens with zero attached hydrogens (tertiary/aromatic N) is 1. The molecule has 0 saturated carbocycles. The zero-order valence-corrected chi connectivity index (χ0v) is 13.9. The quantitative estimate of drug-likeness (QED) is 0.690. The van der Waals surface area contributed by atoms with Crippen LogP contribution in [0.2, 0.25) is 0 Å². The van der Waals surface area contributed by atoms with E-state index >= 15 is 0 Å². The van der Waals surface area contributed by atoms with Gasteiger partial charge in [-0.15, -0.1) is 0 Å². The number of hydrogen-bond acceptors (Lipinski definition) is 1. The first kappa shape index (κ1) is 16.3. The van der Waals surface area contributed by atoms with Crippen LogP contribution in [0.15, 0.2) is 0 Å². The molecule has 1 unspecified atom stereocenters. The number of imidazole rings is 1. The normalized spacial score (nSPS) is 14.1. The molecule has 0 aliphatic heterocycles. The van der Waals surface area contributed by atoms with Gasteiger partial charge in [0, 0.05) is 11.1 Å². The molecule has 0 saturated heterocycles. The van der Waals surface area contributed by atoms with Crippen LogP contribution in [0.5, 0.6) is 0 Å². The van der Waals surface area contributed by atoms with Gasteiger partial charge in [-0.05, 0) is 24.7 Å². The lowest BCUT2D eigenvalue weighted by atomic mass is 9.86. The largest absolute Gasteiger partial charge is 0.345 e. The van der Waals surface area contributed by atoms with E-state index in [1.807, 2.05) is 0 Å². The topological polar surface area (TPSA) is 28.7 Å². The van der Waals surface area contributed by atoms with E-state index in [1.165, 1.54) is 36.5 Å². The minimum Gasteiger partial charge on any atom is -0.345 e. The molecular formula is C17H32N2. The number of aromatic amines is 1. The minimum atomic E-state index is 0.158. The van der Waals surface area contributed by atoms with Crippen molar-refractivity contribution < 1.29 is 0 Å². The summed E-state index contributed by atoms with van der Waals surface area (Å²) < 4.78 is 0. The first-order chi connectivity index (χ1) is 8.83. The highest BCUT2D eigenvalue weighted by Gasteiger charge is 2.27. The Bertz CT molecular complexity index is 388. The number of hydrogen-bond donors (Lipinski definition) is 1. The molecule has 2 heteroatoms. The van der Waals surface area contributed by atoms with Crippen molar-refractivity contribution in [3.8, 4) is 0 Å². The predicted octanol–water partition coefficient (Wildman–Crippen LogP) is 5.51. The molecule has 0 aliphatic carbocycles. The second kappa shape index (κ2) is 6.58. The summed E-state index contributed by atoms with van der Waals surface area (Å²) in [6.45, 7) is 15.9. The molecule has 0 aliphatic rings. The second-order valence-electron chi connectivity index (χ2n) is 6.84. The standard InChI is InChI=1S/C17H32N2/c1-8-10-11-17(6,7)16-18-14(12(3)4)15(19-16)13(5)9-2/h12-13H,8-11H2,1-7H3,(H,18,19). The Morgan fingerprint density at radius 2 is 1.79 bits per heavy atom. The Morgan fingerprint density at radius 1 is 1.16 bits per heavy atom. The molecule has 1 heterocycles. The molecule has 0 fully saturated rings. The Balaban J connectivity index is 3.09. The summed E-state index contributed by atoms with van der Waals surface area (Å²) in [5.41, 5.74) is 2.79. The van der Waals surface area contributed by atoms with Crippen molar-refractivity contribution in [2.75, 3.05) is 0 Å². The molecule has 0 amide bonds. The van der Waals surface area contributed by atoms with Crippen LogP contribution in [0.25, 0.3) is 0 Å². The van der Waals surface area contributed by atoms with Gasteiger partial charge in [0.05, 0.1) is 5.69 Å². The van der Waals surface area contributed by atoms with Crippen LogP contribution in [-0.2, 0) is 5.41 Å². The van der Waals surface area contributed by atoms with Crippen LogP contribution in [0.4, 0.5) is 0 Å². The van der Waals surface area contributed by atoms with Crippen LogP contribution in [0, 0.1) is 0 Å². The van der Waals surface area contributed by atoms with Crippen molar-refractivity contribution in [2.45, 2.75) is 91.4 Å². The van der Waals surface area contributed by atoms with E-state index in [2.05, 4.69) is 53.5 Å². The van der Waals surface area contributed by atoms with Gasteiger partial charge in [-0.2, -0.15) is 0 Å². The molecule has 1 atom stereocenters. The molecule has 0 spiro atoms. The van der Waals surface area contributed by atoms with Crippen molar-refractivity contribution in [3.05, 3.63) is 17.2 Å². The summed E-state index contributed by atoms with van der Waals surface area (Å²) in [6, 6.07) is 0. The average molecular weight is 264 g/mol. The van der Waals surface area contributed by atoms with Gasteiger partial charge < -0.3 is 4.98 Å². The molecule has 110 valence electrons. The van der Waals surface area contributed by atoms with E-state index in [0.29, 0.717) is 11.8 Å². The molecule has 0 radical (unpaired) electrons. The predicted molar refractivity (Wildman–Crippen MR) is 83.9 cm³/mol. The fourth-order valence-corrected chi connectivity index (χ4v) is 2.48. The summed E-state index contributed by atoms with van der Waals surface area (Å²) in [7, 11) is 0. The van der Waals surface area contributed by atoms with Gasteiger partial charge in [-0.25, -0.2) is 4.98 Å². The highest BCUT2D eigenvalue weighted by Crippen LogP contribution is 2.32. The summed E-state index contributed by atoms with van der Waals surface area (Å²) >= 11 is 0. The Labute approximate surface area is 119 Å². The first-order valence-electron chi connectivity index (χ1n) is 7.93. The van der Waals surface area contributed by atoms with Gasteiger partial charge in [-0.1, -0.05) is 61.3 Å². The molecule has 1 aromatic rings. The van der Waals surface area contributed by atoms with E-state index in [-0.39, 0.29) is 5.41 Å². The van der Waals surface area contributed by atoms with E-state index in [4.69, 9.17) is 4.98 Å². The zero-order valence-electron chi connectivity index (χ0n) is 13.9. The van der Waals surface area contributed by atoms with E-state index in [9.17, 15) is 0 Å². The van der Waals surface area contributed by atoms with Gasteiger partial charge in [0.2, 0.25) is 0 Å². The fraction of sp³-hybridized carbons (Fsp3) is 0.824. The highest BCUT2D eigenvalue weighted by molar-refractivity contribution is 5.24. The first-order valence-corrected chi connectivity index (χ1v) is 7.93. The maximum Gasteiger partial charge on any atom is 0.112 e. The molecule has 1 rings (SSSR count). The summed E-state index contributed by atoms with van der Waals surface area (Å²) in [5, 5.41) is 0. The third-order valence-corrected chi connectivity index (χ3v) is 4.21. The maximum atomic E-state index is 4.95. The number of aromatic nitrogens is 2. The van der Waals surface area contributed by atoms with Crippen LogP contribution in [-0.4, -0.2) is 9.97 Å². The van der Waals surface area contributed by atoms with Crippen molar-refractivity contribution in [3.63, 3.8) is 0 Å². The smallest absolute Gasteiger partial charge is 0.112 e. The summed E-state index contributed by atoms with van der Waals surface area (Å²) in [4.78, 5) is 8.60. The van der Waals surface area contributed by atoms with Crippen molar-refractivity contribution >= 4 is 0 Å². The lowest BCUT2D eigenvalue weighted by Crippen LogP contribution is -2.19. The molecular weight excluding hydrogens is 232 g/mol. The number of rotatable bonds is 7. The molecule has 0 aromatic carbocycles. The second-order valence-corrected chi connectivity index (χ2v) is 6.84. The third kappa shape index (κ3) is 3.84. The van der Waals surface area contributed by atoms with Gasteiger partial charge in [0.15, 0.2) is 0 Å². The Hall–Kier alpha value is -0.790. The number of H-pyrrole nitrogens is 1. The summed E-state index contributed by atoms with van der Waals surface area (Å²) in [6.07, 6.45) is 4.88. The monoisotopic (exact) mass is 264 g/mol. The SMILES string of the molecule is CCCCC(C)(C)c1nc(C(C)C)c(C(C)CC)[nH]1. The van der Waals surface area contributed by atoms with Crippen LogP contribution in [0.1, 0.15) is 103 Å². The van der Waals surface area contributed by atoms with Crippen LogP contribution >= 0.6 is 0 Å². The zero-order chi connectivity index (χ0) is 14.6. The average Bonchev–Trinajstić information content (AvgIpc) is 2.81. The Morgan fingerprint density at radius 3 is 2.26 bits per heavy atom. The lowest BCUT2D eigenvalue weighted by molar-refractivity contribution is 0.434. The molecule has 0 bridgehead atoms. The number of unbranched alkanes of at least 4 members (excludes halogenated alkanes) is 1. The molecule has 2 nitrogen and oxygen atoms in total. The van der Waals surface area contributed by atoms with Crippen LogP contribution in [0.3, 0.4) is 0 Å². The molecule has 1 aromatic heterocycles. The molecule has 19 heavy (non-hydrogen) atoms. The fourth-order valence-electron chi connectivity index (χ4n) is 2.48. The van der Waals surface area contributed by atoms with E-state index in [1.54, 1.807) is 0 Å². The van der Waals surface area contributed by atoms with Gasteiger partial charge >= 0.3 is 0 Å². The molecule has 1 N–H and O–H groups in total. The van der Waals surface area contributed by atoms with Crippen molar-refractivity contribution in [2.24, 2.45) is 0 Å². The summed E-state index contributed by atoms with van der Waals surface area (Å²) in [5.74, 6) is 2.25. The Kier molecular flexibility index (Phi) is 5.64. The van der Waals surface area contributed by atoms with E-state index in [0.717, 1.165) is 6.42 Å². The van der Waals surface area contributed by atoms with Crippen LogP contribution < -0.4 is 0 Å². The van der Waals surface area contributed by atoms with Crippen molar-refractivity contribution in [1.29, 1.82) is 0 Å². The third-order valence-electron chi connectivity index (χ3n) is 4.21. The van der Waals surface area contributed by atoms with E-state index < -0.39 is 0 Å². The van der Waals surface area contributed by atoms with Gasteiger partial charge in [0.25, 0.3) is 0 Å². The maximum absolute atomic E-state index is 4.95. The minimum absolute atomic E-state index is 0.158. The van der Waals surface area contributed by atoms with Gasteiger partial charge in [0.1, 0.15) is 5.82 Å². The lowest BCUT2D eigenvalue weighted by Gasteiger charge is -2.21. The van der Waals surface area contributed by atoms with Gasteiger partial charge in [-0.3, -0.25) is 0 Å². The van der Waals surface area contributed by atoms with Crippen molar-refractivity contribution in [1.82, 2.24) is 9.97 Å².